The Balaban J connectivity index is 1.74. The average Bonchev–Trinajstić information content (AvgIpc) is 2.95. The lowest BCUT2D eigenvalue weighted by molar-refractivity contribution is 0.150. The molecule has 28 heavy (non-hydrogen) atoms. The molecule has 2 saturated heterocycles. The fraction of sp³-hybridized carbons (Fsp3) is 0.412. The standard InChI is InChI=1S/C17H17F2N3O5S/c18-14-7-12(22-8-13(27-17(22)23)10-28(24,25)26)1-2-16(14)21-6-4-11(3-5-20)15(19)9-21/h1-3,7,13,15H,4,6,8-10H2,(H,24,25,26)/b11-3+/t13-,15?/m1/s1. The second-order valence-corrected chi connectivity index (χ2v) is 8.01. The monoisotopic (exact) mass is 413 g/mol. The van der Waals surface area contributed by atoms with E-state index in [1.807, 2.05) is 0 Å². The number of piperidine rings is 1. The van der Waals surface area contributed by atoms with E-state index in [9.17, 15) is 22.0 Å². The molecule has 0 radical (unpaired) electrons. The molecule has 2 atom stereocenters. The largest absolute Gasteiger partial charge is 0.443 e. The fourth-order valence-corrected chi connectivity index (χ4v) is 3.90. The molecule has 0 bridgehead atoms. The van der Waals surface area contributed by atoms with Crippen molar-refractivity contribution >= 4 is 27.6 Å². The highest BCUT2D eigenvalue weighted by Gasteiger charge is 2.35. The number of nitriles is 1. The van der Waals surface area contributed by atoms with Crippen molar-refractivity contribution < 1.29 is 31.3 Å². The number of amides is 1. The molecular formula is C17H17F2N3O5S. The van der Waals surface area contributed by atoms with Crippen LogP contribution >= 0.6 is 0 Å². The van der Waals surface area contributed by atoms with Gasteiger partial charge in [0.25, 0.3) is 10.1 Å². The zero-order valence-electron chi connectivity index (χ0n) is 14.6. The maximum absolute atomic E-state index is 14.6. The van der Waals surface area contributed by atoms with Crippen molar-refractivity contribution in [3.05, 3.63) is 35.7 Å². The molecule has 1 aromatic carbocycles. The number of allylic oxidation sites excluding steroid dienone is 1. The molecule has 150 valence electrons. The van der Waals surface area contributed by atoms with Crippen molar-refractivity contribution in [1.82, 2.24) is 0 Å². The van der Waals surface area contributed by atoms with Gasteiger partial charge in [-0.15, -0.1) is 0 Å². The van der Waals surface area contributed by atoms with Crippen LogP contribution < -0.4 is 9.80 Å². The molecule has 8 nitrogen and oxygen atoms in total. The first-order chi connectivity index (χ1) is 13.2. The van der Waals surface area contributed by atoms with Crippen LogP contribution in [0.3, 0.4) is 0 Å². The predicted molar refractivity (Wildman–Crippen MR) is 95.9 cm³/mol. The van der Waals surface area contributed by atoms with Gasteiger partial charge in [-0.2, -0.15) is 13.7 Å². The summed E-state index contributed by atoms with van der Waals surface area (Å²) in [5.74, 6) is -1.43. The number of hydrogen-bond acceptors (Lipinski definition) is 6. The Morgan fingerprint density at radius 2 is 2.14 bits per heavy atom. The SMILES string of the molecule is N#C/C=C1\CCN(c2ccc(N3C[C@H](CS(=O)(=O)O)OC3=O)cc2F)CC1F. The molecule has 11 heteroatoms. The van der Waals surface area contributed by atoms with E-state index < -0.39 is 40.1 Å². The molecule has 0 saturated carbocycles. The van der Waals surface area contributed by atoms with Gasteiger partial charge >= 0.3 is 6.09 Å². The van der Waals surface area contributed by atoms with Gasteiger partial charge < -0.3 is 9.64 Å². The van der Waals surface area contributed by atoms with Crippen molar-refractivity contribution in [2.45, 2.75) is 18.7 Å². The van der Waals surface area contributed by atoms with E-state index in [1.54, 1.807) is 6.07 Å². The number of benzene rings is 1. The fourth-order valence-electron chi connectivity index (χ4n) is 3.26. The minimum Gasteiger partial charge on any atom is -0.443 e. The van der Waals surface area contributed by atoms with Crippen molar-refractivity contribution in [3.8, 4) is 6.07 Å². The molecule has 0 aromatic heterocycles. The Morgan fingerprint density at radius 3 is 2.75 bits per heavy atom. The molecule has 1 N–H and O–H groups in total. The Labute approximate surface area is 160 Å². The molecule has 2 fully saturated rings. The lowest BCUT2D eigenvalue weighted by atomic mass is 10.0. The van der Waals surface area contributed by atoms with Gasteiger partial charge in [-0.25, -0.2) is 13.6 Å². The zero-order chi connectivity index (χ0) is 20.5. The van der Waals surface area contributed by atoms with E-state index in [1.165, 1.54) is 23.1 Å². The topological polar surface area (TPSA) is 111 Å². The summed E-state index contributed by atoms with van der Waals surface area (Å²) in [6.45, 7) is 0.0916. The van der Waals surface area contributed by atoms with Gasteiger partial charge in [0.1, 0.15) is 23.8 Å². The van der Waals surface area contributed by atoms with Crippen LogP contribution in [0.4, 0.5) is 25.0 Å². The first kappa shape index (κ1) is 20.0. The number of carbonyl (C=O) groups is 1. The van der Waals surface area contributed by atoms with Crippen LogP contribution in [0.25, 0.3) is 0 Å². The lowest BCUT2D eigenvalue weighted by Gasteiger charge is -2.32. The highest BCUT2D eigenvalue weighted by atomic mass is 32.2. The van der Waals surface area contributed by atoms with E-state index in [4.69, 9.17) is 14.6 Å². The number of nitrogens with zero attached hydrogens (tertiary/aromatic N) is 3. The van der Waals surface area contributed by atoms with Gasteiger partial charge in [-0.1, -0.05) is 0 Å². The number of alkyl halides is 1. The summed E-state index contributed by atoms with van der Waals surface area (Å²) in [7, 11) is -4.32. The van der Waals surface area contributed by atoms with E-state index >= 15 is 0 Å². The average molecular weight is 413 g/mol. The molecule has 2 aliphatic heterocycles. The van der Waals surface area contributed by atoms with Crippen molar-refractivity contribution in [3.63, 3.8) is 0 Å². The molecule has 3 rings (SSSR count). The maximum Gasteiger partial charge on any atom is 0.414 e. The molecule has 0 spiro atoms. The first-order valence-electron chi connectivity index (χ1n) is 8.38. The number of hydrogen-bond donors (Lipinski definition) is 1. The summed E-state index contributed by atoms with van der Waals surface area (Å²) < 4.78 is 64.3. The minimum atomic E-state index is -4.32. The van der Waals surface area contributed by atoms with E-state index in [2.05, 4.69) is 0 Å². The second-order valence-electron chi connectivity index (χ2n) is 6.51. The van der Waals surface area contributed by atoms with Crippen LogP contribution in [0.2, 0.25) is 0 Å². The van der Waals surface area contributed by atoms with Crippen LogP contribution in [-0.2, 0) is 14.9 Å². The summed E-state index contributed by atoms with van der Waals surface area (Å²) in [6, 6.07) is 5.73. The molecule has 1 unspecified atom stereocenters. The summed E-state index contributed by atoms with van der Waals surface area (Å²) in [6.07, 6.45) is -1.82. The summed E-state index contributed by atoms with van der Waals surface area (Å²) in [5.41, 5.74) is 0.688. The summed E-state index contributed by atoms with van der Waals surface area (Å²) >= 11 is 0. The van der Waals surface area contributed by atoms with Gasteiger partial charge in [0.05, 0.1) is 30.5 Å². The molecule has 2 heterocycles. The zero-order valence-corrected chi connectivity index (χ0v) is 15.4. The second kappa shape index (κ2) is 7.73. The number of cyclic esters (lactones) is 1. The number of halogens is 2. The van der Waals surface area contributed by atoms with Crippen molar-refractivity contribution in [1.29, 1.82) is 5.26 Å². The van der Waals surface area contributed by atoms with E-state index in [-0.39, 0.29) is 24.5 Å². The molecule has 2 aliphatic rings. The Kier molecular flexibility index (Phi) is 5.53. The number of carbonyl (C=O) groups excluding carboxylic acids is 1. The lowest BCUT2D eigenvalue weighted by Crippen LogP contribution is -2.38. The molecular weight excluding hydrogens is 396 g/mol. The van der Waals surface area contributed by atoms with Crippen molar-refractivity contribution in [2.24, 2.45) is 0 Å². The Bertz CT molecular complexity index is 960. The third-order valence-electron chi connectivity index (χ3n) is 4.56. The van der Waals surface area contributed by atoms with Gasteiger partial charge in [-0.05, 0) is 30.2 Å². The Hall–Kier alpha value is -2.71. The third kappa shape index (κ3) is 4.40. The van der Waals surface area contributed by atoms with Crippen LogP contribution in [0.1, 0.15) is 6.42 Å². The van der Waals surface area contributed by atoms with Crippen LogP contribution in [0, 0.1) is 17.1 Å². The summed E-state index contributed by atoms with van der Waals surface area (Å²) in [5, 5.41) is 8.64. The van der Waals surface area contributed by atoms with Gasteiger partial charge in [0.2, 0.25) is 0 Å². The minimum absolute atomic E-state index is 0.0913. The number of anilines is 2. The molecule has 1 amide bonds. The number of rotatable bonds is 4. The normalized spacial score (nSPS) is 24.4. The molecule has 0 aliphatic carbocycles. The van der Waals surface area contributed by atoms with Crippen LogP contribution in [0.5, 0.6) is 0 Å². The smallest absolute Gasteiger partial charge is 0.414 e. The maximum atomic E-state index is 14.6. The quantitative estimate of drug-likeness (QED) is 0.594. The highest BCUT2D eigenvalue weighted by Crippen LogP contribution is 2.31. The number of ether oxygens (including phenoxy) is 1. The van der Waals surface area contributed by atoms with Crippen molar-refractivity contribution in [2.75, 3.05) is 35.2 Å². The van der Waals surface area contributed by atoms with Gasteiger partial charge in [0.15, 0.2) is 0 Å². The van der Waals surface area contributed by atoms with Gasteiger partial charge in [0, 0.05) is 12.6 Å². The Morgan fingerprint density at radius 1 is 1.39 bits per heavy atom. The van der Waals surface area contributed by atoms with Crippen LogP contribution in [0.15, 0.2) is 29.8 Å². The summed E-state index contributed by atoms with van der Waals surface area (Å²) in [4.78, 5) is 14.5. The predicted octanol–water partition coefficient (Wildman–Crippen LogP) is 2.04. The molecule has 1 aromatic rings. The first-order valence-corrected chi connectivity index (χ1v) is 9.99. The highest BCUT2D eigenvalue weighted by molar-refractivity contribution is 7.85. The van der Waals surface area contributed by atoms with E-state index in [0.29, 0.717) is 18.5 Å². The van der Waals surface area contributed by atoms with E-state index in [0.717, 1.165) is 11.0 Å². The van der Waals surface area contributed by atoms with Gasteiger partial charge in [-0.3, -0.25) is 9.45 Å². The third-order valence-corrected chi connectivity index (χ3v) is 5.35. The van der Waals surface area contributed by atoms with Crippen LogP contribution in [-0.4, -0.2) is 56.7 Å².